The summed E-state index contributed by atoms with van der Waals surface area (Å²) in [6.45, 7) is -0.0187. The van der Waals surface area contributed by atoms with Crippen LogP contribution in [-0.2, 0) is 4.79 Å². The lowest BCUT2D eigenvalue weighted by molar-refractivity contribution is -0.137. The molecule has 1 aromatic rings. The van der Waals surface area contributed by atoms with Gasteiger partial charge in [-0.25, -0.2) is 0 Å². The van der Waals surface area contributed by atoms with Gasteiger partial charge in [-0.1, -0.05) is 11.6 Å². The first-order chi connectivity index (χ1) is 9.04. The molecule has 1 aliphatic rings. The lowest BCUT2D eigenvalue weighted by Gasteiger charge is -2.15. The van der Waals surface area contributed by atoms with Gasteiger partial charge in [0.15, 0.2) is 17.8 Å². The van der Waals surface area contributed by atoms with Crippen LogP contribution in [0.4, 0.5) is 0 Å². The van der Waals surface area contributed by atoms with Gasteiger partial charge in [-0.15, -0.1) is 0 Å². The van der Waals surface area contributed by atoms with Crippen LogP contribution in [0.15, 0.2) is 6.07 Å². The molecule has 1 aliphatic heterocycles. The Hall–Kier alpha value is -1.79. The lowest BCUT2D eigenvalue weighted by Crippen LogP contribution is -2.13. The molecule has 6 nitrogen and oxygen atoms in total. The second-order valence-electron chi connectivity index (χ2n) is 4.08. The van der Waals surface area contributed by atoms with Crippen LogP contribution in [0.3, 0.4) is 0 Å². The van der Waals surface area contributed by atoms with Gasteiger partial charge in [0, 0.05) is 18.0 Å². The maximum Gasteiger partial charge on any atom is 0.303 e. The predicted molar refractivity (Wildman–Crippen MR) is 66.8 cm³/mol. The molecule has 1 unspecified atom stereocenters. The minimum absolute atomic E-state index is 0.0187. The highest BCUT2D eigenvalue weighted by atomic mass is 35.5. The summed E-state index contributed by atoms with van der Waals surface area (Å²) in [7, 11) is 0. The van der Waals surface area contributed by atoms with Crippen LogP contribution in [0.5, 0.6) is 11.5 Å². The molecule has 0 amide bonds. The second-order valence-corrected chi connectivity index (χ2v) is 4.49. The van der Waals surface area contributed by atoms with Gasteiger partial charge >= 0.3 is 5.97 Å². The fourth-order valence-corrected chi connectivity index (χ4v) is 2.15. The zero-order valence-corrected chi connectivity index (χ0v) is 10.6. The first kappa shape index (κ1) is 13.6. The van der Waals surface area contributed by atoms with E-state index < -0.39 is 12.0 Å². The molecule has 2 rings (SSSR count). The van der Waals surface area contributed by atoms with E-state index in [1.165, 1.54) is 6.07 Å². The van der Waals surface area contributed by atoms with Crippen LogP contribution < -0.4 is 15.2 Å². The van der Waals surface area contributed by atoms with Gasteiger partial charge < -0.3 is 20.3 Å². The summed E-state index contributed by atoms with van der Waals surface area (Å²) in [5.74, 6) is -0.299. The van der Waals surface area contributed by atoms with Crippen molar-refractivity contribution >= 4 is 23.9 Å². The van der Waals surface area contributed by atoms with Gasteiger partial charge in [0.1, 0.15) is 0 Å². The number of hydrogen-bond donors (Lipinski definition) is 2. The average molecular weight is 286 g/mol. The monoisotopic (exact) mass is 285 g/mol. The molecule has 7 heteroatoms. The summed E-state index contributed by atoms with van der Waals surface area (Å²) in [6.07, 6.45) is 0.758. The van der Waals surface area contributed by atoms with Crippen LogP contribution in [0, 0.1) is 0 Å². The van der Waals surface area contributed by atoms with Gasteiger partial charge in [-0.05, 0) is 12.5 Å². The Morgan fingerprint density at radius 2 is 2.21 bits per heavy atom. The van der Waals surface area contributed by atoms with E-state index >= 15 is 0 Å². The molecular weight excluding hydrogens is 274 g/mol. The van der Waals surface area contributed by atoms with Gasteiger partial charge in [-0.3, -0.25) is 9.59 Å². The molecule has 0 fully saturated rings. The van der Waals surface area contributed by atoms with Crippen molar-refractivity contribution in [3.05, 3.63) is 22.2 Å². The standard InChI is InChI=1S/C12H12ClNO5/c13-8-3-6(9(14)1-2-10(16)17)11-12(7(8)4-15)19-5-18-11/h3-4,9H,1-2,5,14H2,(H,16,17). The number of carboxylic acid groups (broad SMARTS) is 1. The number of aldehydes is 1. The van der Waals surface area contributed by atoms with Crippen molar-refractivity contribution in [2.24, 2.45) is 5.73 Å². The Labute approximate surface area is 114 Å². The van der Waals surface area contributed by atoms with Crippen molar-refractivity contribution < 1.29 is 24.2 Å². The van der Waals surface area contributed by atoms with Gasteiger partial charge in [0.2, 0.25) is 6.79 Å². The van der Waals surface area contributed by atoms with E-state index in [2.05, 4.69) is 0 Å². The molecule has 1 aromatic carbocycles. The second kappa shape index (κ2) is 5.46. The number of carbonyl (C=O) groups excluding carboxylic acids is 1. The zero-order chi connectivity index (χ0) is 14.0. The van der Waals surface area contributed by atoms with Crippen molar-refractivity contribution in [3.8, 4) is 11.5 Å². The van der Waals surface area contributed by atoms with Crippen molar-refractivity contribution in [2.75, 3.05) is 6.79 Å². The Bertz CT molecular complexity index is 531. The smallest absolute Gasteiger partial charge is 0.303 e. The van der Waals surface area contributed by atoms with E-state index in [-0.39, 0.29) is 36.0 Å². The Morgan fingerprint density at radius 1 is 1.53 bits per heavy atom. The summed E-state index contributed by atoms with van der Waals surface area (Å²) < 4.78 is 10.5. The highest BCUT2D eigenvalue weighted by Gasteiger charge is 2.27. The summed E-state index contributed by atoms with van der Waals surface area (Å²) >= 11 is 5.98. The Morgan fingerprint density at radius 3 is 2.84 bits per heavy atom. The van der Waals surface area contributed by atoms with Gasteiger partial charge in [0.25, 0.3) is 0 Å². The molecule has 0 radical (unpaired) electrons. The molecule has 1 heterocycles. The number of carboxylic acids is 1. The van der Waals surface area contributed by atoms with E-state index in [9.17, 15) is 9.59 Å². The van der Waals surface area contributed by atoms with Crippen molar-refractivity contribution in [3.63, 3.8) is 0 Å². The Kier molecular flexibility index (Phi) is 3.92. The first-order valence-electron chi connectivity index (χ1n) is 5.59. The SMILES string of the molecule is NC(CCC(=O)O)c1cc(Cl)c(C=O)c2c1OCO2. The fourth-order valence-electron chi connectivity index (χ4n) is 1.90. The number of hydrogen-bond acceptors (Lipinski definition) is 5. The Balaban J connectivity index is 2.36. The summed E-state index contributed by atoms with van der Waals surface area (Å²) in [5.41, 5.74) is 6.69. The molecule has 19 heavy (non-hydrogen) atoms. The number of rotatable bonds is 5. The van der Waals surface area contributed by atoms with Crippen molar-refractivity contribution in [1.82, 2.24) is 0 Å². The maximum absolute atomic E-state index is 11.0. The third kappa shape index (κ3) is 2.64. The minimum atomic E-state index is -0.931. The molecule has 102 valence electrons. The normalized spacial score (nSPS) is 14.2. The van der Waals surface area contributed by atoms with E-state index in [1.54, 1.807) is 0 Å². The van der Waals surface area contributed by atoms with Crippen molar-refractivity contribution in [1.29, 1.82) is 0 Å². The lowest BCUT2D eigenvalue weighted by atomic mass is 9.99. The molecule has 1 atom stereocenters. The quantitative estimate of drug-likeness (QED) is 0.800. The molecule has 0 spiro atoms. The van der Waals surface area contributed by atoms with E-state index in [4.69, 9.17) is 31.9 Å². The molecular formula is C12H12ClNO5. The molecule has 0 bridgehead atoms. The summed E-state index contributed by atoms with van der Waals surface area (Å²) in [6, 6.07) is 0.968. The third-order valence-electron chi connectivity index (χ3n) is 2.85. The van der Waals surface area contributed by atoms with E-state index in [1.807, 2.05) is 0 Å². The molecule has 0 aliphatic carbocycles. The number of carbonyl (C=O) groups is 2. The molecule has 3 N–H and O–H groups in total. The van der Waals surface area contributed by atoms with E-state index in [0.29, 0.717) is 17.6 Å². The number of benzene rings is 1. The molecule has 0 aromatic heterocycles. The number of nitrogens with two attached hydrogens (primary N) is 1. The molecule has 0 saturated heterocycles. The van der Waals surface area contributed by atoms with Crippen LogP contribution >= 0.6 is 11.6 Å². The first-order valence-corrected chi connectivity index (χ1v) is 5.97. The van der Waals surface area contributed by atoms with Gasteiger partial charge in [0.05, 0.1) is 10.6 Å². The maximum atomic E-state index is 11.0. The predicted octanol–water partition coefficient (Wildman–Crippen LogP) is 1.75. The fraction of sp³-hybridized carbons (Fsp3) is 0.333. The third-order valence-corrected chi connectivity index (χ3v) is 3.16. The highest BCUT2D eigenvalue weighted by molar-refractivity contribution is 6.33. The zero-order valence-electron chi connectivity index (χ0n) is 9.89. The number of fused-ring (bicyclic) bond motifs is 1. The summed E-state index contributed by atoms with van der Waals surface area (Å²) in [4.78, 5) is 21.5. The van der Waals surface area contributed by atoms with Crippen LogP contribution in [0.1, 0.15) is 34.8 Å². The van der Waals surface area contributed by atoms with Crippen LogP contribution in [-0.4, -0.2) is 24.2 Å². The van der Waals surface area contributed by atoms with Crippen LogP contribution in [0.2, 0.25) is 5.02 Å². The minimum Gasteiger partial charge on any atom is -0.481 e. The molecule has 0 saturated carbocycles. The number of halogens is 1. The summed E-state index contributed by atoms with van der Waals surface area (Å²) in [5, 5.41) is 8.86. The van der Waals surface area contributed by atoms with Gasteiger partial charge in [-0.2, -0.15) is 0 Å². The number of ether oxygens (including phenoxy) is 2. The van der Waals surface area contributed by atoms with Crippen molar-refractivity contribution in [2.45, 2.75) is 18.9 Å². The number of aliphatic carboxylic acids is 1. The topological polar surface area (TPSA) is 98.9 Å². The van der Waals surface area contributed by atoms with Crippen LogP contribution in [0.25, 0.3) is 0 Å². The largest absolute Gasteiger partial charge is 0.481 e. The highest BCUT2D eigenvalue weighted by Crippen LogP contribution is 2.44. The average Bonchev–Trinajstić information content (AvgIpc) is 2.83. The van der Waals surface area contributed by atoms with E-state index in [0.717, 1.165) is 0 Å².